The van der Waals surface area contributed by atoms with E-state index < -0.39 is 0 Å². The third kappa shape index (κ3) is 3.59. The van der Waals surface area contributed by atoms with Gasteiger partial charge in [-0.25, -0.2) is 0 Å². The maximum Gasteiger partial charge on any atom is 0.150 e. The molecule has 2 aromatic rings. The zero-order valence-corrected chi connectivity index (χ0v) is 9.95. The molecule has 2 rings (SSSR count). The topological polar surface area (TPSA) is 26.3 Å². The van der Waals surface area contributed by atoms with E-state index in [0.29, 0.717) is 12.2 Å². The standard InChI is InChI=1S/C16H14O2/c17-13-15-8-10-16(11-9-15)18-12-4-7-14-5-2-1-3-6-14/h1-11,13H,12H2/b7-4-. The first-order valence-corrected chi connectivity index (χ1v) is 5.78. The molecule has 0 aliphatic heterocycles. The minimum Gasteiger partial charge on any atom is -0.490 e. The van der Waals surface area contributed by atoms with Crippen molar-refractivity contribution in [2.24, 2.45) is 0 Å². The third-order valence-corrected chi connectivity index (χ3v) is 2.47. The number of hydrogen-bond donors (Lipinski definition) is 0. The Kier molecular flexibility index (Phi) is 4.31. The van der Waals surface area contributed by atoms with Crippen molar-refractivity contribution in [2.45, 2.75) is 0 Å². The minimum absolute atomic E-state index is 0.509. The van der Waals surface area contributed by atoms with Crippen molar-refractivity contribution in [2.75, 3.05) is 6.61 Å². The van der Waals surface area contributed by atoms with Gasteiger partial charge in [0, 0.05) is 5.56 Å². The minimum atomic E-state index is 0.509. The zero-order valence-electron chi connectivity index (χ0n) is 9.95. The molecule has 2 heteroatoms. The number of benzene rings is 2. The molecule has 0 N–H and O–H groups in total. The van der Waals surface area contributed by atoms with Crippen LogP contribution < -0.4 is 4.74 Å². The van der Waals surface area contributed by atoms with E-state index in [0.717, 1.165) is 17.6 Å². The summed E-state index contributed by atoms with van der Waals surface area (Å²) in [6, 6.07) is 17.1. The molecule has 0 bridgehead atoms. The van der Waals surface area contributed by atoms with E-state index >= 15 is 0 Å². The molecule has 0 spiro atoms. The number of carbonyl (C=O) groups is 1. The van der Waals surface area contributed by atoms with Gasteiger partial charge in [-0.3, -0.25) is 4.79 Å². The van der Waals surface area contributed by atoms with Gasteiger partial charge in [0.2, 0.25) is 0 Å². The van der Waals surface area contributed by atoms with Crippen molar-refractivity contribution in [1.29, 1.82) is 0 Å². The average Bonchev–Trinajstić information content (AvgIpc) is 2.45. The van der Waals surface area contributed by atoms with Gasteiger partial charge in [0.15, 0.2) is 0 Å². The Morgan fingerprint density at radius 2 is 1.61 bits per heavy atom. The number of hydrogen-bond acceptors (Lipinski definition) is 2. The molecule has 0 aliphatic rings. The van der Waals surface area contributed by atoms with E-state index in [9.17, 15) is 4.79 Å². The molecule has 0 aromatic heterocycles. The maximum atomic E-state index is 10.5. The van der Waals surface area contributed by atoms with E-state index in [4.69, 9.17) is 4.74 Å². The summed E-state index contributed by atoms with van der Waals surface area (Å²) in [6.07, 6.45) is 4.79. The fraction of sp³-hybridized carbons (Fsp3) is 0.0625. The predicted molar refractivity (Wildman–Crippen MR) is 72.8 cm³/mol. The third-order valence-electron chi connectivity index (χ3n) is 2.47. The first-order valence-electron chi connectivity index (χ1n) is 5.78. The molecule has 0 heterocycles. The van der Waals surface area contributed by atoms with Crippen molar-refractivity contribution < 1.29 is 9.53 Å². The SMILES string of the molecule is O=Cc1ccc(OC/C=C\c2ccccc2)cc1. The zero-order chi connectivity index (χ0) is 12.6. The normalized spacial score (nSPS) is 10.4. The van der Waals surface area contributed by atoms with Gasteiger partial charge in [0.05, 0.1) is 0 Å². The summed E-state index contributed by atoms with van der Waals surface area (Å²) in [4.78, 5) is 10.5. The lowest BCUT2D eigenvalue weighted by molar-refractivity contribution is 0.112. The van der Waals surface area contributed by atoms with Crippen LogP contribution in [-0.4, -0.2) is 12.9 Å². The maximum absolute atomic E-state index is 10.5. The van der Waals surface area contributed by atoms with Gasteiger partial charge >= 0.3 is 0 Å². The Balaban J connectivity index is 1.84. The highest BCUT2D eigenvalue weighted by molar-refractivity contribution is 5.74. The summed E-state index contributed by atoms with van der Waals surface area (Å²) in [5.41, 5.74) is 1.81. The van der Waals surface area contributed by atoms with Crippen LogP contribution in [0.15, 0.2) is 60.7 Å². The van der Waals surface area contributed by atoms with Crippen LogP contribution >= 0.6 is 0 Å². The molecule has 90 valence electrons. The van der Waals surface area contributed by atoms with Crippen molar-refractivity contribution in [1.82, 2.24) is 0 Å². The Morgan fingerprint density at radius 3 is 2.28 bits per heavy atom. The second-order valence-electron chi connectivity index (χ2n) is 3.81. The smallest absolute Gasteiger partial charge is 0.150 e. The number of aldehydes is 1. The molecule has 0 amide bonds. The summed E-state index contributed by atoms with van der Waals surface area (Å²) in [5, 5.41) is 0. The highest BCUT2D eigenvalue weighted by Gasteiger charge is 1.92. The fourth-order valence-electron chi connectivity index (χ4n) is 1.54. The summed E-state index contributed by atoms with van der Waals surface area (Å²) in [6.45, 7) is 0.509. The molecule has 0 saturated carbocycles. The number of carbonyl (C=O) groups excluding carboxylic acids is 1. The van der Waals surface area contributed by atoms with Gasteiger partial charge in [-0.15, -0.1) is 0 Å². The van der Waals surface area contributed by atoms with Crippen LogP contribution in [-0.2, 0) is 0 Å². The van der Waals surface area contributed by atoms with Crippen LogP contribution in [0.25, 0.3) is 6.08 Å². The quantitative estimate of drug-likeness (QED) is 0.744. The van der Waals surface area contributed by atoms with E-state index in [1.807, 2.05) is 42.5 Å². The lowest BCUT2D eigenvalue weighted by Gasteiger charge is -2.02. The van der Waals surface area contributed by atoms with Crippen molar-refractivity contribution in [3.8, 4) is 5.75 Å². The number of ether oxygens (including phenoxy) is 1. The summed E-state index contributed by atoms with van der Waals surface area (Å²) in [7, 11) is 0. The molecular weight excluding hydrogens is 224 g/mol. The lowest BCUT2D eigenvalue weighted by atomic mass is 10.2. The monoisotopic (exact) mass is 238 g/mol. The average molecular weight is 238 g/mol. The van der Waals surface area contributed by atoms with E-state index in [2.05, 4.69) is 0 Å². The molecule has 2 aromatic carbocycles. The van der Waals surface area contributed by atoms with Crippen molar-refractivity contribution >= 4 is 12.4 Å². The van der Waals surface area contributed by atoms with Crippen molar-refractivity contribution in [3.63, 3.8) is 0 Å². The second kappa shape index (κ2) is 6.40. The Labute approximate surface area is 107 Å². The largest absolute Gasteiger partial charge is 0.490 e. The molecular formula is C16H14O2. The molecule has 18 heavy (non-hydrogen) atoms. The van der Waals surface area contributed by atoms with E-state index in [-0.39, 0.29) is 0 Å². The van der Waals surface area contributed by atoms with E-state index in [1.165, 1.54) is 0 Å². The molecule has 0 radical (unpaired) electrons. The van der Waals surface area contributed by atoms with Crippen LogP contribution in [0.5, 0.6) is 5.75 Å². The molecule has 0 fully saturated rings. The van der Waals surface area contributed by atoms with Gasteiger partial charge in [-0.05, 0) is 35.9 Å². The highest BCUT2D eigenvalue weighted by Crippen LogP contribution is 2.11. The Bertz CT molecular complexity index is 513. The molecule has 0 atom stereocenters. The van der Waals surface area contributed by atoms with Gasteiger partial charge in [-0.2, -0.15) is 0 Å². The van der Waals surface area contributed by atoms with Crippen LogP contribution in [0.3, 0.4) is 0 Å². The Hall–Kier alpha value is -2.35. The fourth-order valence-corrected chi connectivity index (χ4v) is 1.54. The van der Waals surface area contributed by atoms with Gasteiger partial charge < -0.3 is 4.74 Å². The first-order chi connectivity index (χ1) is 8.88. The summed E-state index contributed by atoms with van der Waals surface area (Å²) in [5.74, 6) is 0.762. The van der Waals surface area contributed by atoms with Crippen LogP contribution in [0.4, 0.5) is 0 Å². The summed E-state index contributed by atoms with van der Waals surface area (Å²) < 4.78 is 5.52. The van der Waals surface area contributed by atoms with Crippen molar-refractivity contribution in [3.05, 3.63) is 71.8 Å². The van der Waals surface area contributed by atoms with Gasteiger partial charge in [0.1, 0.15) is 18.6 Å². The summed E-state index contributed by atoms with van der Waals surface area (Å²) >= 11 is 0. The highest BCUT2D eigenvalue weighted by atomic mass is 16.5. The number of rotatable bonds is 5. The van der Waals surface area contributed by atoms with E-state index in [1.54, 1.807) is 24.3 Å². The second-order valence-corrected chi connectivity index (χ2v) is 3.81. The Morgan fingerprint density at radius 1 is 0.889 bits per heavy atom. The van der Waals surface area contributed by atoms with Gasteiger partial charge in [-0.1, -0.05) is 36.4 Å². The molecule has 0 saturated heterocycles. The first kappa shape index (κ1) is 12.1. The predicted octanol–water partition coefficient (Wildman–Crippen LogP) is 3.59. The van der Waals surface area contributed by atoms with Crippen LogP contribution in [0.1, 0.15) is 15.9 Å². The van der Waals surface area contributed by atoms with Gasteiger partial charge in [0.25, 0.3) is 0 Å². The van der Waals surface area contributed by atoms with Crippen LogP contribution in [0.2, 0.25) is 0 Å². The lowest BCUT2D eigenvalue weighted by Crippen LogP contribution is -1.93. The molecule has 0 aliphatic carbocycles. The van der Waals surface area contributed by atoms with Crippen LogP contribution in [0, 0.1) is 0 Å². The molecule has 2 nitrogen and oxygen atoms in total. The molecule has 0 unspecified atom stereocenters.